The number of hydrogen-bond donors (Lipinski definition) is 0. The number of aryl methyl sites for hydroxylation is 1. The maximum absolute atomic E-state index is 6.30. The molecular weight excluding hydrogens is 268 g/mol. The molecule has 0 aliphatic carbocycles. The Balaban J connectivity index is 2.57. The van der Waals surface area contributed by atoms with Crippen molar-refractivity contribution in [3.63, 3.8) is 0 Å². The van der Waals surface area contributed by atoms with Gasteiger partial charge in [-0.05, 0) is 49.9 Å². The highest BCUT2D eigenvalue weighted by molar-refractivity contribution is 6.89. The van der Waals surface area contributed by atoms with E-state index in [1.165, 1.54) is 32.6 Å². The van der Waals surface area contributed by atoms with Gasteiger partial charge in [0.15, 0.2) is 0 Å². The SMILES string of the molecule is Cc1cc([Si](CCl)c2ccccc2)c(C)c(C)c1C. The fourth-order valence-electron chi connectivity index (χ4n) is 2.47. The van der Waals surface area contributed by atoms with Gasteiger partial charge in [-0.25, -0.2) is 0 Å². The molecule has 2 heteroatoms. The summed E-state index contributed by atoms with van der Waals surface area (Å²) < 4.78 is 0. The lowest BCUT2D eigenvalue weighted by molar-refractivity contribution is 1.23. The molecule has 99 valence electrons. The van der Waals surface area contributed by atoms with E-state index in [0.717, 1.165) is 5.50 Å². The zero-order chi connectivity index (χ0) is 14.0. The van der Waals surface area contributed by atoms with E-state index in [-0.39, 0.29) is 0 Å². The van der Waals surface area contributed by atoms with Crippen LogP contribution < -0.4 is 10.4 Å². The number of benzene rings is 2. The Labute approximate surface area is 123 Å². The van der Waals surface area contributed by atoms with Crippen LogP contribution in [0.1, 0.15) is 22.3 Å². The van der Waals surface area contributed by atoms with Gasteiger partial charge < -0.3 is 0 Å². The predicted octanol–water partition coefficient (Wildman–Crippen LogP) is 3.31. The Morgan fingerprint density at radius 1 is 0.895 bits per heavy atom. The smallest absolute Gasteiger partial charge is 0.130 e. The number of hydrogen-bond acceptors (Lipinski definition) is 0. The molecule has 2 aromatic rings. The van der Waals surface area contributed by atoms with Crippen LogP contribution >= 0.6 is 11.6 Å². The molecule has 0 amide bonds. The topological polar surface area (TPSA) is 0 Å². The van der Waals surface area contributed by atoms with Crippen molar-refractivity contribution >= 4 is 30.8 Å². The van der Waals surface area contributed by atoms with Gasteiger partial charge in [0.1, 0.15) is 8.80 Å². The molecule has 0 saturated heterocycles. The second kappa shape index (κ2) is 5.94. The zero-order valence-electron chi connectivity index (χ0n) is 12.0. The van der Waals surface area contributed by atoms with Gasteiger partial charge in [-0.2, -0.15) is 0 Å². The average Bonchev–Trinajstić information content (AvgIpc) is 2.44. The van der Waals surface area contributed by atoms with Crippen LogP contribution in [-0.4, -0.2) is 14.3 Å². The zero-order valence-corrected chi connectivity index (χ0v) is 13.8. The largest absolute Gasteiger partial charge is 0.136 e. The summed E-state index contributed by atoms with van der Waals surface area (Å²) >= 11 is 6.30. The van der Waals surface area contributed by atoms with Gasteiger partial charge in [-0.1, -0.05) is 46.8 Å². The van der Waals surface area contributed by atoms with Crippen LogP contribution in [0.15, 0.2) is 36.4 Å². The van der Waals surface area contributed by atoms with Gasteiger partial charge in [0.05, 0.1) is 0 Å². The summed E-state index contributed by atoms with van der Waals surface area (Å²) in [6, 6.07) is 13.0. The summed E-state index contributed by atoms with van der Waals surface area (Å²) in [6.45, 7) is 8.86. The first-order valence-electron chi connectivity index (χ1n) is 6.61. The molecule has 0 spiro atoms. The van der Waals surface area contributed by atoms with Gasteiger partial charge in [0, 0.05) is 5.50 Å². The van der Waals surface area contributed by atoms with Crippen molar-refractivity contribution in [1.82, 2.24) is 0 Å². The Morgan fingerprint density at radius 2 is 1.53 bits per heavy atom. The van der Waals surface area contributed by atoms with E-state index in [2.05, 4.69) is 64.1 Å². The molecule has 0 heterocycles. The Hall–Kier alpha value is -1.05. The molecule has 0 unspecified atom stereocenters. The molecule has 0 aromatic heterocycles. The fraction of sp³-hybridized carbons (Fsp3) is 0.294. The summed E-state index contributed by atoms with van der Waals surface area (Å²) in [4.78, 5) is 0. The first-order chi connectivity index (χ1) is 9.06. The highest BCUT2D eigenvalue weighted by atomic mass is 35.5. The lowest BCUT2D eigenvalue weighted by Gasteiger charge is -2.20. The van der Waals surface area contributed by atoms with Crippen molar-refractivity contribution in [1.29, 1.82) is 0 Å². The van der Waals surface area contributed by atoms with Gasteiger partial charge in [-0.3, -0.25) is 0 Å². The van der Waals surface area contributed by atoms with Crippen molar-refractivity contribution in [3.8, 4) is 0 Å². The summed E-state index contributed by atoms with van der Waals surface area (Å²) in [5.41, 5.74) is 6.34. The molecule has 0 N–H and O–H groups in total. The minimum atomic E-state index is -0.865. The van der Waals surface area contributed by atoms with Crippen molar-refractivity contribution < 1.29 is 0 Å². The van der Waals surface area contributed by atoms with Crippen LogP contribution in [0.4, 0.5) is 0 Å². The van der Waals surface area contributed by atoms with Gasteiger partial charge in [0.2, 0.25) is 0 Å². The van der Waals surface area contributed by atoms with Crippen LogP contribution in [-0.2, 0) is 0 Å². The summed E-state index contributed by atoms with van der Waals surface area (Å²) in [6.07, 6.45) is 0. The lowest BCUT2D eigenvalue weighted by Crippen LogP contribution is -2.46. The third kappa shape index (κ3) is 2.77. The molecular formula is C17H20ClSi. The normalized spacial score (nSPS) is 11.1. The molecule has 1 radical (unpaired) electrons. The summed E-state index contributed by atoms with van der Waals surface area (Å²) in [5.74, 6) is 0. The standard InChI is InChI=1S/C17H20ClSi/c1-12-10-17(15(4)14(3)13(12)2)19(11-18)16-8-6-5-7-9-16/h5-10H,11H2,1-4H3. The van der Waals surface area contributed by atoms with E-state index in [1.807, 2.05) is 0 Å². The third-order valence-corrected chi connectivity index (χ3v) is 7.33. The van der Waals surface area contributed by atoms with Crippen LogP contribution in [0.5, 0.6) is 0 Å². The van der Waals surface area contributed by atoms with E-state index in [4.69, 9.17) is 11.6 Å². The van der Waals surface area contributed by atoms with Gasteiger partial charge in [0.25, 0.3) is 0 Å². The van der Waals surface area contributed by atoms with Gasteiger partial charge >= 0.3 is 0 Å². The monoisotopic (exact) mass is 287 g/mol. The minimum Gasteiger partial charge on any atom is -0.130 e. The van der Waals surface area contributed by atoms with E-state index >= 15 is 0 Å². The quantitative estimate of drug-likeness (QED) is 0.600. The molecule has 0 bridgehead atoms. The van der Waals surface area contributed by atoms with Crippen LogP contribution in [0.3, 0.4) is 0 Å². The average molecular weight is 288 g/mol. The molecule has 0 saturated carbocycles. The van der Waals surface area contributed by atoms with E-state index in [0.29, 0.717) is 0 Å². The van der Waals surface area contributed by atoms with Crippen LogP contribution in [0.25, 0.3) is 0 Å². The van der Waals surface area contributed by atoms with E-state index in [9.17, 15) is 0 Å². The van der Waals surface area contributed by atoms with Crippen molar-refractivity contribution in [3.05, 3.63) is 58.7 Å². The molecule has 0 aliphatic rings. The molecule has 2 rings (SSSR count). The van der Waals surface area contributed by atoms with Crippen LogP contribution in [0, 0.1) is 27.7 Å². The molecule has 0 aliphatic heterocycles. The maximum Gasteiger partial charge on any atom is 0.136 e. The molecule has 19 heavy (non-hydrogen) atoms. The number of alkyl halides is 1. The third-order valence-electron chi connectivity index (χ3n) is 4.06. The molecule has 2 aromatic carbocycles. The fourth-order valence-corrected chi connectivity index (χ4v) is 5.60. The predicted molar refractivity (Wildman–Crippen MR) is 87.6 cm³/mol. The Bertz CT molecular complexity index is 576. The minimum absolute atomic E-state index is 0.720. The van der Waals surface area contributed by atoms with Crippen molar-refractivity contribution in [2.45, 2.75) is 27.7 Å². The van der Waals surface area contributed by atoms with E-state index in [1.54, 1.807) is 0 Å². The Morgan fingerprint density at radius 3 is 2.11 bits per heavy atom. The first-order valence-corrected chi connectivity index (χ1v) is 8.85. The number of halogens is 1. The summed E-state index contributed by atoms with van der Waals surface area (Å²) in [7, 11) is -0.865. The summed E-state index contributed by atoms with van der Waals surface area (Å²) in [5, 5.41) is 2.86. The van der Waals surface area contributed by atoms with Crippen LogP contribution in [0.2, 0.25) is 0 Å². The highest BCUT2D eigenvalue weighted by Gasteiger charge is 2.19. The van der Waals surface area contributed by atoms with Gasteiger partial charge in [-0.15, -0.1) is 11.6 Å². The molecule has 0 nitrogen and oxygen atoms in total. The van der Waals surface area contributed by atoms with Crippen molar-refractivity contribution in [2.75, 3.05) is 5.50 Å². The van der Waals surface area contributed by atoms with E-state index < -0.39 is 8.80 Å². The van der Waals surface area contributed by atoms with Crippen molar-refractivity contribution in [2.24, 2.45) is 0 Å². The Kier molecular flexibility index (Phi) is 4.49. The maximum atomic E-state index is 6.30. The molecule has 0 fully saturated rings. The first kappa shape index (κ1) is 14.4. The second-order valence-corrected chi connectivity index (χ2v) is 8.24. The molecule has 0 atom stereocenters. The number of rotatable bonds is 3. The lowest BCUT2D eigenvalue weighted by atomic mass is 10.00. The highest BCUT2D eigenvalue weighted by Crippen LogP contribution is 2.15. The second-order valence-electron chi connectivity index (χ2n) is 5.09.